The predicted molar refractivity (Wildman–Crippen MR) is 139 cm³/mol. The molecule has 0 aliphatic carbocycles. The number of nitrogens with one attached hydrogen (secondary N) is 1. The van der Waals surface area contributed by atoms with Crippen LogP contribution >= 0.6 is 39.3 Å². The quantitative estimate of drug-likeness (QED) is 0.529. The Bertz CT molecular complexity index is 1060. The van der Waals surface area contributed by atoms with Crippen molar-refractivity contribution in [2.24, 2.45) is 9.98 Å². The van der Waals surface area contributed by atoms with Crippen molar-refractivity contribution in [3.63, 3.8) is 0 Å². The first-order chi connectivity index (χ1) is 15.4. The van der Waals surface area contributed by atoms with Gasteiger partial charge in [-0.3, -0.25) is 9.79 Å². The molecule has 2 aliphatic rings. The van der Waals surface area contributed by atoms with Gasteiger partial charge in [-0.2, -0.15) is 0 Å². The molecular weight excluding hydrogens is 508 g/mol. The van der Waals surface area contributed by atoms with Crippen LogP contribution in [-0.4, -0.2) is 52.6 Å². The summed E-state index contributed by atoms with van der Waals surface area (Å²) >= 11 is 11.1. The first kappa shape index (κ1) is 23.5. The molecule has 1 amide bonds. The molecule has 2 heterocycles. The Hall–Kier alpha value is -1.67. The number of hydrogen-bond acceptors (Lipinski definition) is 5. The van der Waals surface area contributed by atoms with Crippen molar-refractivity contribution < 1.29 is 4.79 Å². The number of anilines is 1. The minimum absolute atomic E-state index is 0.0834. The highest BCUT2D eigenvalue weighted by Gasteiger charge is 2.39. The van der Waals surface area contributed by atoms with Crippen LogP contribution in [0.3, 0.4) is 0 Å². The van der Waals surface area contributed by atoms with Crippen LogP contribution in [0.5, 0.6) is 0 Å². The van der Waals surface area contributed by atoms with E-state index in [0.29, 0.717) is 5.02 Å². The third kappa shape index (κ3) is 5.28. The van der Waals surface area contributed by atoms with Gasteiger partial charge >= 0.3 is 0 Å². The first-order valence-electron chi connectivity index (χ1n) is 10.8. The molecule has 1 N–H and O–H groups in total. The van der Waals surface area contributed by atoms with Crippen LogP contribution in [0.1, 0.15) is 30.9 Å². The second kappa shape index (κ2) is 10.1. The Labute approximate surface area is 206 Å². The minimum Gasteiger partial charge on any atom is -0.325 e. The van der Waals surface area contributed by atoms with Gasteiger partial charge in [-0.1, -0.05) is 64.4 Å². The fraction of sp³-hybridized carbons (Fsp3) is 0.375. The third-order valence-electron chi connectivity index (χ3n) is 5.94. The van der Waals surface area contributed by atoms with Gasteiger partial charge in [0.1, 0.15) is 5.04 Å². The largest absolute Gasteiger partial charge is 0.325 e. The molecule has 0 radical (unpaired) electrons. The van der Waals surface area contributed by atoms with Crippen LogP contribution < -0.4 is 5.32 Å². The highest BCUT2D eigenvalue weighted by atomic mass is 79.9. The van der Waals surface area contributed by atoms with Crippen LogP contribution in [0.2, 0.25) is 5.02 Å². The normalized spacial score (nSPS) is 17.9. The van der Waals surface area contributed by atoms with Gasteiger partial charge in [-0.15, -0.1) is 0 Å². The van der Waals surface area contributed by atoms with E-state index >= 15 is 0 Å². The topological polar surface area (TPSA) is 57.1 Å². The molecule has 1 fully saturated rings. The van der Waals surface area contributed by atoms with E-state index in [1.807, 2.05) is 37.3 Å². The number of rotatable bonds is 5. The maximum absolute atomic E-state index is 12.7. The second-order valence-corrected chi connectivity index (χ2v) is 10.3. The minimum atomic E-state index is -0.406. The van der Waals surface area contributed by atoms with Crippen molar-refractivity contribution in [1.82, 2.24) is 4.90 Å². The third-order valence-corrected chi connectivity index (χ3v) is 7.84. The van der Waals surface area contributed by atoms with Crippen LogP contribution in [0, 0.1) is 6.92 Å². The van der Waals surface area contributed by atoms with Gasteiger partial charge in [0, 0.05) is 46.7 Å². The number of thioether (sulfide) groups is 1. The summed E-state index contributed by atoms with van der Waals surface area (Å²) in [6, 6.07) is 13.6. The van der Waals surface area contributed by atoms with Crippen LogP contribution in [0.15, 0.2) is 56.9 Å². The smallest absolute Gasteiger partial charge is 0.234 e. The van der Waals surface area contributed by atoms with E-state index < -0.39 is 5.66 Å². The molecule has 1 spiro atoms. The zero-order valence-corrected chi connectivity index (χ0v) is 21.4. The van der Waals surface area contributed by atoms with Crippen molar-refractivity contribution in [2.45, 2.75) is 32.4 Å². The van der Waals surface area contributed by atoms with Crippen LogP contribution in [0.25, 0.3) is 0 Å². The van der Waals surface area contributed by atoms with Crippen LogP contribution in [0.4, 0.5) is 5.69 Å². The number of nitrogens with zero attached hydrogens (tertiary/aromatic N) is 3. The average Bonchev–Trinajstić information content (AvgIpc) is 3.14. The molecule has 0 unspecified atom stereocenters. The van der Waals surface area contributed by atoms with Crippen molar-refractivity contribution >= 4 is 61.6 Å². The molecule has 4 rings (SSSR count). The molecule has 168 valence electrons. The second-order valence-electron chi connectivity index (χ2n) is 8.05. The summed E-state index contributed by atoms with van der Waals surface area (Å²) in [4.78, 5) is 25.3. The molecule has 0 aromatic heterocycles. The van der Waals surface area contributed by atoms with Gasteiger partial charge in [-0.25, -0.2) is 4.99 Å². The molecule has 0 saturated carbocycles. The maximum atomic E-state index is 12.7. The number of amides is 1. The van der Waals surface area contributed by atoms with E-state index in [-0.39, 0.29) is 11.7 Å². The summed E-state index contributed by atoms with van der Waals surface area (Å²) in [7, 11) is 0. The summed E-state index contributed by atoms with van der Waals surface area (Å²) in [6.07, 6.45) is 1.80. The Morgan fingerprint density at radius 2 is 1.91 bits per heavy atom. The first-order valence-corrected chi connectivity index (χ1v) is 12.9. The summed E-state index contributed by atoms with van der Waals surface area (Å²) < 4.78 is 1.02. The lowest BCUT2D eigenvalue weighted by atomic mass is 9.98. The van der Waals surface area contributed by atoms with E-state index in [9.17, 15) is 4.79 Å². The summed E-state index contributed by atoms with van der Waals surface area (Å²) in [5.41, 5.74) is 3.11. The molecule has 5 nitrogen and oxygen atoms in total. The van der Waals surface area contributed by atoms with E-state index in [2.05, 4.69) is 45.2 Å². The van der Waals surface area contributed by atoms with Gasteiger partial charge in [0.15, 0.2) is 5.66 Å². The van der Waals surface area contributed by atoms with E-state index in [0.717, 1.165) is 64.5 Å². The number of carbonyl (C=O) groups is 1. The molecule has 32 heavy (non-hydrogen) atoms. The molecule has 8 heteroatoms. The van der Waals surface area contributed by atoms with E-state index in [4.69, 9.17) is 21.6 Å². The fourth-order valence-electron chi connectivity index (χ4n) is 3.93. The number of likely N-dealkylation sites (tertiary alicyclic amines) is 1. The Morgan fingerprint density at radius 3 is 2.59 bits per heavy atom. The number of benzene rings is 2. The standard InChI is InChI=1S/C24H26BrClN4OS/c1-3-30-13-11-24(12-14-30)28-22(17-7-9-18(25)10-8-17)23(29-24)32-15-21(31)27-20-6-4-5-19(26)16(20)2/h4-10H,3,11-15H2,1-2H3,(H,27,31). The van der Waals surface area contributed by atoms with Gasteiger partial charge in [0.2, 0.25) is 5.91 Å². The Kier molecular flexibility index (Phi) is 7.40. The van der Waals surface area contributed by atoms with Crippen molar-refractivity contribution in [1.29, 1.82) is 0 Å². The molecular formula is C24H26BrClN4OS. The van der Waals surface area contributed by atoms with E-state index in [1.54, 1.807) is 0 Å². The van der Waals surface area contributed by atoms with Crippen molar-refractivity contribution in [3.8, 4) is 0 Å². The Balaban J connectivity index is 1.51. The molecule has 0 atom stereocenters. The van der Waals surface area contributed by atoms with Gasteiger partial charge < -0.3 is 10.2 Å². The lowest BCUT2D eigenvalue weighted by molar-refractivity contribution is -0.113. The number of aliphatic imine (C=N–C) groups is 2. The summed E-state index contributed by atoms with van der Waals surface area (Å²) in [5, 5.41) is 4.45. The molecule has 2 aromatic carbocycles. The zero-order chi connectivity index (χ0) is 22.7. The number of carbonyl (C=O) groups excluding carboxylic acids is 1. The van der Waals surface area contributed by atoms with Crippen LogP contribution in [-0.2, 0) is 4.79 Å². The average molecular weight is 534 g/mol. The lowest BCUT2D eigenvalue weighted by Crippen LogP contribution is -2.41. The molecule has 2 aliphatic heterocycles. The maximum Gasteiger partial charge on any atom is 0.234 e. The Morgan fingerprint density at radius 1 is 1.19 bits per heavy atom. The van der Waals surface area contributed by atoms with Gasteiger partial charge in [0.05, 0.1) is 11.5 Å². The SMILES string of the molecule is CCN1CCC2(CC1)N=C(SCC(=O)Nc1cccc(Cl)c1C)C(c1ccc(Br)cc1)=N2. The van der Waals surface area contributed by atoms with E-state index in [1.165, 1.54) is 11.8 Å². The fourth-order valence-corrected chi connectivity index (χ4v) is 5.25. The molecule has 1 saturated heterocycles. The highest BCUT2D eigenvalue weighted by molar-refractivity contribution is 9.10. The summed E-state index contributed by atoms with van der Waals surface area (Å²) in [6.45, 7) is 7.12. The predicted octanol–water partition coefficient (Wildman–Crippen LogP) is 5.80. The summed E-state index contributed by atoms with van der Waals surface area (Å²) in [5.74, 6) is 0.178. The van der Waals surface area contributed by atoms with Gasteiger partial charge in [0.25, 0.3) is 0 Å². The molecule has 2 aromatic rings. The highest BCUT2D eigenvalue weighted by Crippen LogP contribution is 2.35. The zero-order valence-electron chi connectivity index (χ0n) is 18.2. The number of hydrogen-bond donors (Lipinski definition) is 1. The molecule has 0 bridgehead atoms. The van der Waals surface area contributed by atoms with Crippen molar-refractivity contribution in [2.75, 3.05) is 30.7 Å². The lowest BCUT2D eigenvalue weighted by Gasteiger charge is -2.34. The number of halogens is 2. The van der Waals surface area contributed by atoms with Gasteiger partial charge in [-0.05, 0) is 43.3 Å². The van der Waals surface area contributed by atoms with Crippen molar-refractivity contribution in [3.05, 3.63) is 63.1 Å². The number of piperidine rings is 1. The monoisotopic (exact) mass is 532 g/mol.